The van der Waals surface area contributed by atoms with Gasteiger partial charge >= 0.3 is 0 Å². The number of rotatable bonds is 8. The van der Waals surface area contributed by atoms with Crippen LogP contribution in [0.1, 0.15) is 57.8 Å². The second kappa shape index (κ2) is 9.88. The Balaban J connectivity index is 1.58. The van der Waals surface area contributed by atoms with E-state index in [-0.39, 0.29) is 10.8 Å². The van der Waals surface area contributed by atoms with Crippen molar-refractivity contribution in [3.05, 3.63) is 53.9 Å². The molecule has 8 heteroatoms. The number of sulfonamides is 1. The number of benzene rings is 2. The SMILES string of the molecule is CCN(CC)S(=O)(=O)c1ccc2c(c1)nc(CCC(=O)N1CCC(C)c3ccccc31)n2CC. The first-order chi connectivity index (χ1) is 16.3. The van der Waals surface area contributed by atoms with Crippen molar-refractivity contribution in [2.45, 2.75) is 64.3 Å². The van der Waals surface area contributed by atoms with Gasteiger partial charge < -0.3 is 9.47 Å². The van der Waals surface area contributed by atoms with E-state index in [2.05, 4.69) is 17.6 Å². The smallest absolute Gasteiger partial charge is 0.243 e. The van der Waals surface area contributed by atoms with Gasteiger partial charge in [0.25, 0.3) is 0 Å². The molecule has 0 radical (unpaired) electrons. The van der Waals surface area contributed by atoms with E-state index >= 15 is 0 Å². The Kier molecular flexibility index (Phi) is 7.09. The number of nitrogens with zero attached hydrogens (tertiary/aromatic N) is 4. The van der Waals surface area contributed by atoms with Crippen molar-refractivity contribution in [1.82, 2.24) is 13.9 Å². The highest BCUT2D eigenvalue weighted by Crippen LogP contribution is 2.35. The summed E-state index contributed by atoms with van der Waals surface area (Å²) in [5.41, 5.74) is 3.78. The highest BCUT2D eigenvalue weighted by Gasteiger charge is 2.27. The van der Waals surface area contributed by atoms with Gasteiger partial charge in [0.15, 0.2) is 0 Å². The Hall–Kier alpha value is -2.71. The molecule has 0 saturated heterocycles. The van der Waals surface area contributed by atoms with Gasteiger partial charge in [-0.2, -0.15) is 4.31 Å². The van der Waals surface area contributed by atoms with E-state index in [4.69, 9.17) is 4.98 Å². The Morgan fingerprint density at radius 3 is 2.56 bits per heavy atom. The quantitative estimate of drug-likeness (QED) is 0.472. The number of aromatic nitrogens is 2. The highest BCUT2D eigenvalue weighted by molar-refractivity contribution is 7.89. The summed E-state index contributed by atoms with van der Waals surface area (Å²) in [6.45, 7) is 10.2. The Morgan fingerprint density at radius 2 is 1.85 bits per heavy atom. The number of para-hydroxylation sites is 1. The number of hydrogen-bond acceptors (Lipinski definition) is 4. The molecule has 0 fully saturated rings. The lowest BCUT2D eigenvalue weighted by Crippen LogP contribution is -2.36. The van der Waals surface area contributed by atoms with Crippen LogP contribution in [0.5, 0.6) is 0 Å². The predicted octanol–water partition coefficient (Wildman–Crippen LogP) is 4.56. The lowest BCUT2D eigenvalue weighted by molar-refractivity contribution is -0.118. The zero-order chi connectivity index (χ0) is 24.5. The number of hydrogen-bond donors (Lipinski definition) is 0. The molecule has 1 atom stereocenters. The Morgan fingerprint density at radius 1 is 1.12 bits per heavy atom. The van der Waals surface area contributed by atoms with E-state index in [1.165, 1.54) is 9.87 Å². The van der Waals surface area contributed by atoms with E-state index in [0.29, 0.717) is 43.9 Å². The molecule has 7 nitrogen and oxygen atoms in total. The van der Waals surface area contributed by atoms with Gasteiger partial charge in [0.1, 0.15) is 5.82 Å². The number of fused-ring (bicyclic) bond motifs is 2. The molecule has 1 aliphatic rings. The Labute approximate surface area is 202 Å². The molecule has 0 aliphatic carbocycles. The molecular weight excluding hydrogens is 448 g/mol. The fourth-order valence-corrected chi connectivity index (χ4v) is 6.42. The maximum atomic E-state index is 13.2. The van der Waals surface area contributed by atoms with E-state index < -0.39 is 10.0 Å². The van der Waals surface area contributed by atoms with E-state index in [1.807, 2.05) is 49.9 Å². The summed E-state index contributed by atoms with van der Waals surface area (Å²) < 4.78 is 29.4. The largest absolute Gasteiger partial charge is 0.328 e. The van der Waals surface area contributed by atoms with Crippen LogP contribution in [0.25, 0.3) is 11.0 Å². The average Bonchev–Trinajstić information content (AvgIpc) is 3.20. The molecule has 0 bridgehead atoms. The topological polar surface area (TPSA) is 75.5 Å². The summed E-state index contributed by atoms with van der Waals surface area (Å²) in [6.07, 6.45) is 1.82. The van der Waals surface area contributed by atoms with Gasteiger partial charge in [-0.25, -0.2) is 13.4 Å². The van der Waals surface area contributed by atoms with Crippen molar-refractivity contribution < 1.29 is 13.2 Å². The molecule has 2 aromatic carbocycles. The maximum Gasteiger partial charge on any atom is 0.243 e. The minimum atomic E-state index is -3.55. The second-order valence-corrected chi connectivity index (χ2v) is 10.7. The Bertz CT molecular complexity index is 1290. The molecule has 1 aromatic heterocycles. The van der Waals surface area contributed by atoms with Crippen molar-refractivity contribution >= 4 is 32.7 Å². The van der Waals surface area contributed by atoms with Crippen LogP contribution in [-0.4, -0.2) is 47.8 Å². The molecule has 0 N–H and O–H groups in total. The first kappa shape index (κ1) is 24.4. The second-order valence-electron chi connectivity index (χ2n) is 8.81. The lowest BCUT2D eigenvalue weighted by atomic mass is 9.91. The predicted molar refractivity (Wildman–Crippen MR) is 136 cm³/mol. The van der Waals surface area contributed by atoms with Gasteiger partial charge in [-0.15, -0.1) is 0 Å². The zero-order valence-corrected chi connectivity index (χ0v) is 21.3. The summed E-state index contributed by atoms with van der Waals surface area (Å²) >= 11 is 0. The molecule has 1 unspecified atom stereocenters. The molecule has 1 amide bonds. The molecule has 4 rings (SSSR count). The van der Waals surface area contributed by atoms with Gasteiger partial charge in [-0.1, -0.05) is 39.0 Å². The van der Waals surface area contributed by atoms with Gasteiger partial charge in [-0.3, -0.25) is 4.79 Å². The molecule has 34 heavy (non-hydrogen) atoms. The monoisotopic (exact) mass is 482 g/mol. The third-order valence-electron chi connectivity index (χ3n) is 6.87. The van der Waals surface area contributed by atoms with Gasteiger partial charge in [-0.05, 0) is 49.1 Å². The van der Waals surface area contributed by atoms with Gasteiger partial charge in [0.05, 0.1) is 15.9 Å². The van der Waals surface area contributed by atoms with Gasteiger partial charge in [0, 0.05) is 44.7 Å². The lowest BCUT2D eigenvalue weighted by Gasteiger charge is -2.33. The minimum absolute atomic E-state index is 0.0962. The molecular formula is C26H34N4O3S. The van der Waals surface area contributed by atoms with Crippen LogP contribution in [-0.2, 0) is 27.8 Å². The minimum Gasteiger partial charge on any atom is -0.328 e. The van der Waals surface area contributed by atoms with Crippen LogP contribution < -0.4 is 4.90 Å². The number of carbonyl (C=O) groups excluding carboxylic acids is 1. The fourth-order valence-electron chi connectivity index (χ4n) is 4.94. The fraction of sp³-hybridized carbons (Fsp3) is 0.462. The van der Waals surface area contributed by atoms with Gasteiger partial charge in [0.2, 0.25) is 15.9 Å². The van der Waals surface area contributed by atoms with Crippen LogP contribution in [0.3, 0.4) is 0 Å². The number of imidazole rings is 1. The van der Waals surface area contributed by atoms with Crippen molar-refractivity contribution in [3.63, 3.8) is 0 Å². The molecule has 2 heterocycles. The molecule has 0 saturated carbocycles. The summed E-state index contributed by atoms with van der Waals surface area (Å²) in [5, 5.41) is 0. The molecule has 3 aromatic rings. The van der Waals surface area contributed by atoms with E-state index in [9.17, 15) is 13.2 Å². The van der Waals surface area contributed by atoms with Crippen LogP contribution in [0.15, 0.2) is 47.4 Å². The summed E-state index contributed by atoms with van der Waals surface area (Å²) in [6, 6.07) is 13.3. The normalized spacial score (nSPS) is 16.3. The molecule has 0 spiro atoms. The van der Waals surface area contributed by atoms with Crippen molar-refractivity contribution in [2.24, 2.45) is 0 Å². The molecule has 182 valence electrons. The van der Waals surface area contributed by atoms with Crippen molar-refractivity contribution in [3.8, 4) is 0 Å². The van der Waals surface area contributed by atoms with Crippen LogP contribution >= 0.6 is 0 Å². The third-order valence-corrected chi connectivity index (χ3v) is 8.91. The summed E-state index contributed by atoms with van der Waals surface area (Å²) in [5.74, 6) is 1.35. The highest BCUT2D eigenvalue weighted by atomic mass is 32.2. The third kappa shape index (κ3) is 4.36. The standard InChI is InChI=1S/C26H34N4O3S/c1-5-28(6-2)34(32,33)20-12-13-24-22(18-20)27-25(29(24)7-3)14-15-26(31)30-17-16-19(4)21-10-8-9-11-23(21)30/h8-13,18-19H,5-7,14-17H2,1-4H3. The zero-order valence-electron chi connectivity index (χ0n) is 20.5. The number of anilines is 1. The van der Waals surface area contributed by atoms with Crippen LogP contribution in [0, 0.1) is 0 Å². The number of aryl methyl sites for hydroxylation is 2. The van der Waals surface area contributed by atoms with Crippen LogP contribution in [0.4, 0.5) is 5.69 Å². The average molecular weight is 483 g/mol. The van der Waals surface area contributed by atoms with Crippen LogP contribution in [0.2, 0.25) is 0 Å². The van der Waals surface area contributed by atoms with Crippen molar-refractivity contribution in [1.29, 1.82) is 0 Å². The number of carbonyl (C=O) groups is 1. The molecule has 1 aliphatic heterocycles. The number of amides is 1. The maximum absolute atomic E-state index is 13.2. The first-order valence-corrected chi connectivity index (χ1v) is 13.6. The van der Waals surface area contributed by atoms with Crippen molar-refractivity contribution in [2.75, 3.05) is 24.5 Å². The van der Waals surface area contributed by atoms with E-state index in [0.717, 1.165) is 30.0 Å². The summed E-state index contributed by atoms with van der Waals surface area (Å²) in [4.78, 5) is 20.1. The van der Waals surface area contributed by atoms with E-state index in [1.54, 1.807) is 12.1 Å². The first-order valence-electron chi connectivity index (χ1n) is 12.2. The summed E-state index contributed by atoms with van der Waals surface area (Å²) in [7, 11) is -3.55.